The van der Waals surface area contributed by atoms with E-state index < -0.39 is 12.2 Å². The van der Waals surface area contributed by atoms with Gasteiger partial charge < -0.3 is 19.7 Å². The Bertz CT molecular complexity index is 729. The molecule has 6 heteroatoms. The fourth-order valence-corrected chi connectivity index (χ4v) is 4.10. The molecule has 1 saturated heterocycles. The van der Waals surface area contributed by atoms with E-state index in [9.17, 15) is 10.2 Å². The minimum absolute atomic E-state index is 0.0602. The first-order valence-corrected chi connectivity index (χ1v) is 9.33. The van der Waals surface area contributed by atoms with Crippen molar-refractivity contribution < 1.29 is 19.7 Å². The van der Waals surface area contributed by atoms with Crippen molar-refractivity contribution >= 4 is 0 Å². The minimum Gasteiger partial charge on any atom is -0.396 e. The van der Waals surface area contributed by atoms with Crippen LogP contribution in [0.4, 0.5) is 0 Å². The first-order chi connectivity index (χ1) is 13.2. The van der Waals surface area contributed by atoms with Gasteiger partial charge in [-0.15, -0.1) is 0 Å². The highest BCUT2D eigenvalue weighted by Crippen LogP contribution is 2.44. The third kappa shape index (κ3) is 3.78. The van der Waals surface area contributed by atoms with Gasteiger partial charge in [0.25, 0.3) is 0 Å². The topological polar surface area (TPSA) is 88.0 Å². The fraction of sp³-hybridized carbons (Fsp3) is 0.429. The summed E-state index contributed by atoms with van der Waals surface area (Å²) in [5.41, 5.74) is 2.08. The number of rotatable bonds is 7. The Morgan fingerprint density at radius 2 is 1.33 bits per heavy atom. The van der Waals surface area contributed by atoms with Crippen LogP contribution in [0.15, 0.2) is 60.7 Å². The molecular weight excluding hydrogens is 344 g/mol. The van der Waals surface area contributed by atoms with Crippen molar-refractivity contribution in [2.75, 3.05) is 6.61 Å². The number of hydrogen-bond donors (Lipinski definition) is 3. The van der Waals surface area contributed by atoms with E-state index >= 15 is 0 Å². The molecule has 1 heterocycles. The molecule has 144 valence electrons. The van der Waals surface area contributed by atoms with Crippen molar-refractivity contribution in [3.05, 3.63) is 71.8 Å². The van der Waals surface area contributed by atoms with E-state index in [4.69, 9.17) is 15.3 Å². The van der Waals surface area contributed by atoms with Crippen molar-refractivity contribution in [2.45, 2.75) is 43.6 Å². The summed E-state index contributed by atoms with van der Waals surface area (Å²) in [6.45, 7) is 0.658. The van der Waals surface area contributed by atoms with E-state index in [1.165, 1.54) is 0 Å². The van der Waals surface area contributed by atoms with Gasteiger partial charge in [0.05, 0.1) is 38.0 Å². The Morgan fingerprint density at radius 1 is 0.815 bits per heavy atom. The maximum Gasteiger partial charge on any atom is 0.112 e. The van der Waals surface area contributed by atoms with Crippen molar-refractivity contribution in [3.8, 4) is 0 Å². The van der Waals surface area contributed by atoms with Crippen LogP contribution in [0.1, 0.15) is 11.1 Å². The monoisotopic (exact) mass is 370 g/mol. The molecule has 2 fully saturated rings. The Kier molecular flexibility index (Phi) is 5.54. The van der Waals surface area contributed by atoms with Crippen molar-refractivity contribution in [2.24, 2.45) is 11.8 Å². The maximum absolute atomic E-state index is 10.8. The highest BCUT2D eigenvalue weighted by Gasteiger charge is 2.64. The van der Waals surface area contributed by atoms with E-state index in [1.54, 1.807) is 5.01 Å². The standard InChI is InChI=1S/C21H26N2O4/c22-23-17-16(11-24)19(25)21(27-13-15-9-5-2-6-10-15)20(18(17)23)26-12-14-7-3-1-4-8-14/h1-10,16-21,24-25H,11-13,22H2/t16-,17?,18?,19-,20-,21-,23?/m0/s1. The molecule has 2 aliphatic rings. The summed E-state index contributed by atoms with van der Waals surface area (Å²) in [7, 11) is 0. The Balaban J connectivity index is 1.49. The van der Waals surface area contributed by atoms with Gasteiger partial charge in [-0.05, 0) is 11.1 Å². The highest BCUT2D eigenvalue weighted by molar-refractivity contribution is 5.18. The van der Waals surface area contributed by atoms with E-state index in [2.05, 4.69) is 0 Å². The molecule has 0 radical (unpaired) electrons. The van der Waals surface area contributed by atoms with Gasteiger partial charge in [-0.3, -0.25) is 5.84 Å². The molecule has 6 nitrogen and oxygen atoms in total. The molecule has 3 unspecified atom stereocenters. The molecule has 0 amide bonds. The van der Waals surface area contributed by atoms with Gasteiger partial charge in [-0.25, -0.2) is 5.01 Å². The molecule has 1 aliphatic heterocycles. The van der Waals surface area contributed by atoms with Crippen molar-refractivity contribution in [1.29, 1.82) is 0 Å². The summed E-state index contributed by atoms with van der Waals surface area (Å²) >= 11 is 0. The number of benzene rings is 2. The van der Waals surface area contributed by atoms with E-state index in [-0.39, 0.29) is 30.7 Å². The fourth-order valence-electron chi connectivity index (χ4n) is 4.10. The number of fused-ring (bicyclic) bond motifs is 1. The Hall–Kier alpha value is -1.80. The SMILES string of the molecule is NN1C2C1[C@H](OCc1ccccc1)[C@@H](OCc1ccccc1)[C@@H](O)[C@H]2CO. The van der Waals surface area contributed by atoms with Crippen LogP contribution in [-0.4, -0.2) is 52.2 Å². The third-order valence-corrected chi connectivity index (χ3v) is 5.60. The number of nitrogens with two attached hydrogens (primary N) is 1. The molecule has 4 N–H and O–H groups in total. The number of nitrogens with zero attached hydrogens (tertiary/aromatic N) is 1. The Morgan fingerprint density at radius 3 is 1.85 bits per heavy atom. The summed E-state index contributed by atoms with van der Waals surface area (Å²) in [6.07, 6.45) is -1.75. The lowest BCUT2D eigenvalue weighted by Crippen LogP contribution is -2.54. The number of hydrogen-bond acceptors (Lipinski definition) is 6. The molecule has 2 aromatic carbocycles. The van der Waals surface area contributed by atoms with Crippen LogP contribution in [0.2, 0.25) is 0 Å². The van der Waals surface area contributed by atoms with E-state index in [0.29, 0.717) is 13.2 Å². The van der Waals surface area contributed by atoms with Crippen molar-refractivity contribution in [1.82, 2.24) is 5.01 Å². The first-order valence-electron chi connectivity index (χ1n) is 9.33. The molecule has 0 bridgehead atoms. The normalized spacial score (nSPS) is 34.9. The lowest BCUT2D eigenvalue weighted by molar-refractivity contribution is -0.162. The molecule has 7 atom stereocenters. The zero-order chi connectivity index (χ0) is 18.8. The summed E-state index contributed by atoms with van der Waals surface area (Å²) in [5.74, 6) is 5.77. The predicted molar refractivity (Wildman–Crippen MR) is 100 cm³/mol. The van der Waals surface area contributed by atoms with Crippen LogP contribution in [0, 0.1) is 5.92 Å². The second kappa shape index (κ2) is 8.06. The molecule has 1 saturated carbocycles. The van der Waals surface area contributed by atoms with Gasteiger partial charge in [0, 0.05) is 5.92 Å². The third-order valence-electron chi connectivity index (χ3n) is 5.60. The zero-order valence-corrected chi connectivity index (χ0v) is 15.1. The average Bonchev–Trinajstić information content (AvgIpc) is 3.37. The summed E-state index contributed by atoms with van der Waals surface area (Å²) in [5, 5.41) is 22.2. The second-order valence-electron chi connectivity index (χ2n) is 7.29. The minimum atomic E-state index is -0.839. The number of aliphatic hydroxyl groups excluding tert-OH is 2. The van der Waals surface area contributed by atoms with Crippen LogP contribution in [0.25, 0.3) is 0 Å². The molecule has 4 rings (SSSR count). The molecule has 2 aromatic rings. The average molecular weight is 370 g/mol. The van der Waals surface area contributed by atoms with Gasteiger partial charge in [0.2, 0.25) is 0 Å². The quantitative estimate of drug-likeness (QED) is 0.499. The smallest absolute Gasteiger partial charge is 0.112 e. The number of ether oxygens (including phenoxy) is 2. The highest BCUT2D eigenvalue weighted by atomic mass is 16.6. The Labute approximate surface area is 159 Å². The summed E-state index contributed by atoms with van der Waals surface area (Å²) in [4.78, 5) is 0. The first kappa shape index (κ1) is 18.6. The molecule has 0 spiro atoms. The molecule has 27 heavy (non-hydrogen) atoms. The van der Waals surface area contributed by atoms with E-state index in [1.807, 2.05) is 60.7 Å². The van der Waals surface area contributed by atoms with Gasteiger partial charge in [0.15, 0.2) is 0 Å². The van der Waals surface area contributed by atoms with Gasteiger partial charge >= 0.3 is 0 Å². The van der Waals surface area contributed by atoms with Crippen molar-refractivity contribution in [3.63, 3.8) is 0 Å². The van der Waals surface area contributed by atoms with Gasteiger partial charge in [0.1, 0.15) is 12.2 Å². The lowest BCUT2D eigenvalue weighted by atomic mass is 9.83. The summed E-state index contributed by atoms with van der Waals surface area (Å²) < 4.78 is 12.3. The van der Waals surface area contributed by atoms with Crippen LogP contribution in [-0.2, 0) is 22.7 Å². The number of hydrazine groups is 1. The maximum atomic E-state index is 10.8. The van der Waals surface area contributed by atoms with E-state index in [0.717, 1.165) is 11.1 Å². The van der Waals surface area contributed by atoms with Crippen LogP contribution >= 0.6 is 0 Å². The van der Waals surface area contributed by atoms with Crippen LogP contribution < -0.4 is 5.84 Å². The summed E-state index contributed by atoms with van der Waals surface area (Å²) in [6, 6.07) is 19.6. The van der Waals surface area contributed by atoms with Crippen LogP contribution in [0.5, 0.6) is 0 Å². The lowest BCUT2D eigenvalue weighted by Gasteiger charge is -2.37. The second-order valence-corrected chi connectivity index (χ2v) is 7.29. The van der Waals surface area contributed by atoms with Crippen LogP contribution in [0.3, 0.4) is 0 Å². The largest absolute Gasteiger partial charge is 0.396 e. The molecule has 0 aromatic heterocycles. The van der Waals surface area contributed by atoms with Gasteiger partial charge in [-0.2, -0.15) is 0 Å². The molecular formula is C21H26N2O4. The predicted octanol–water partition coefficient (Wildman–Crippen LogP) is 1.07. The van der Waals surface area contributed by atoms with Gasteiger partial charge in [-0.1, -0.05) is 60.7 Å². The number of aliphatic hydroxyl groups is 2. The molecule has 1 aliphatic carbocycles. The zero-order valence-electron chi connectivity index (χ0n) is 15.1.